The Bertz CT molecular complexity index is 1420. The number of piperidine rings is 1. The molecule has 196 valence electrons. The Morgan fingerprint density at radius 2 is 2.00 bits per heavy atom. The Labute approximate surface area is 223 Å². The molecule has 3 aromatic rings. The van der Waals surface area contributed by atoms with Crippen molar-refractivity contribution in [2.45, 2.75) is 57.7 Å². The van der Waals surface area contributed by atoms with Crippen LogP contribution in [0.2, 0.25) is 0 Å². The third-order valence-electron chi connectivity index (χ3n) is 8.81. The van der Waals surface area contributed by atoms with Crippen LogP contribution in [-0.2, 0) is 4.79 Å². The first-order valence-electron chi connectivity index (χ1n) is 13.7. The van der Waals surface area contributed by atoms with Crippen molar-refractivity contribution >= 4 is 28.9 Å². The van der Waals surface area contributed by atoms with E-state index >= 15 is 0 Å². The number of aromatic nitrogens is 2. The van der Waals surface area contributed by atoms with Crippen molar-refractivity contribution in [3.8, 4) is 17.0 Å². The molecule has 1 aromatic heterocycles. The van der Waals surface area contributed by atoms with Crippen LogP contribution in [0.15, 0.2) is 48.7 Å². The van der Waals surface area contributed by atoms with Crippen molar-refractivity contribution in [2.24, 2.45) is 5.92 Å². The van der Waals surface area contributed by atoms with Crippen molar-refractivity contribution in [3.05, 3.63) is 54.2 Å². The number of piperazine rings is 1. The summed E-state index contributed by atoms with van der Waals surface area (Å²) in [4.78, 5) is 26.8. The van der Waals surface area contributed by atoms with Gasteiger partial charge in [-0.2, -0.15) is 0 Å². The molecule has 3 aliphatic heterocycles. The number of fused-ring (bicyclic) bond motifs is 6. The third kappa shape index (κ3) is 3.98. The van der Waals surface area contributed by atoms with Crippen molar-refractivity contribution in [1.29, 1.82) is 0 Å². The van der Waals surface area contributed by atoms with E-state index in [2.05, 4.69) is 50.5 Å². The first-order chi connectivity index (χ1) is 18.3. The highest BCUT2D eigenvalue weighted by Gasteiger charge is 2.47. The minimum absolute atomic E-state index is 0.152. The summed E-state index contributed by atoms with van der Waals surface area (Å²) in [6, 6.07) is 15.7. The highest BCUT2D eigenvalue weighted by atomic mass is 16.5. The summed E-state index contributed by atoms with van der Waals surface area (Å²) in [6.07, 6.45) is 5.98. The van der Waals surface area contributed by atoms with Crippen LogP contribution >= 0.6 is 0 Å². The van der Waals surface area contributed by atoms with Gasteiger partial charge in [0.1, 0.15) is 5.75 Å². The van der Waals surface area contributed by atoms with Gasteiger partial charge < -0.3 is 20.3 Å². The van der Waals surface area contributed by atoms with E-state index in [1.54, 1.807) is 20.0 Å². The molecule has 0 spiro atoms. The predicted octanol–water partition coefficient (Wildman–Crippen LogP) is 4.98. The number of ether oxygens (including phenoxy) is 1. The number of anilines is 4. The lowest BCUT2D eigenvalue weighted by Gasteiger charge is -2.45. The lowest BCUT2D eigenvalue weighted by atomic mass is 9.96. The number of aryl methyl sites for hydroxylation is 1. The van der Waals surface area contributed by atoms with Crippen LogP contribution < -0.4 is 20.3 Å². The highest BCUT2D eigenvalue weighted by Crippen LogP contribution is 2.44. The third-order valence-corrected chi connectivity index (χ3v) is 8.81. The number of hydrogen-bond acceptors (Lipinski definition) is 7. The molecule has 38 heavy (non-hydrogen) atoms. The first-order valence-corrected chi connectivity index (χ1v) is 13.7. The second-order valence-electron chi connectivity index (χ2n) is 11.6. The van der Waals surface area contributed by atoms with Crippen molar-refractivity contribution in [3.63, 3.8) is 0 Å². The van der Waals surface area contributed by atoms with Crippen LogP contribution in [0.1, 0.15) is 38.7 Å². The van der Waals surface area contributed by atoms with Crippen molar-refractivity contribution < 1.29 is 9.53 Å². The zero-order valence-electron chi connectivity index (χ0n) is 22.2. The SMILES string of the molecule is Cc1cc(Nc2nccc(-c3ccc4c(c3)OC(C)(C)C(=O)N4)n2)ccc1N1CCN2C(C1)[C@H]1CC[C@@H]2C1. The first kappa shape index (κ1) is 23.5. The number of carbonyl (C=O) groups excluding carboxylic acids is 1. The van der Waals surface area contributed by atoms with E-state index in [0.29, 0.717) is 17.4 Å². The Balaban J connectivity index is 1.07. The predicted molar refractivity (Wildman–Crippen MR) is 149 cm³/mol. The van der Waals surface area contributed by atoms with Crippen LogP contribution in [-0.4, -0.2) is 58.1 Å². The number of nitrogens with one attached hydrogen (secondary N) is 2. The molecule has 2 aromatic carbocycles. The van der Waals surface area contributed by atoms with Gasteiger partial charge in [0.05, 0.1) is 11.4 Å². The zero-order valence-corrected chi connectivity index (χ0v) is 22.2. The maximum Gasteiger partial charge on any atom is 0.268 e. The summed E-state index contributed by atoms with van der Waals surface area (Å²) in [5.74, 6) is 1.91. The summed E-state index contributed by atoms with van der Waals surface area (Å²) in [5, 5.41) is 6.30. The smallest absolute Gasteiger partial charge is 0.268 e. The normalized spacial score (nSPS) is 25.4. The number of carbonyl (C=O) groups is 1. The minimum atomic E-state index is -0.918. The second kappa shape index (κ2) is 8.70. The fourth-order valence-corrected chi connectivity index (χ4v) is 6.82. The molecule has 1 unspecified atom stereocenters. The van der Waals surface area contributed by atoms with E-state index in [0.717, 1.165) is 48.0 Å². The van der Waals surface area contributed by atoms with Gasteiger partial charge in [0, 0.05) is 54.9 Å². The molecule has 1 amide bonds. The largest absolute Gasteiger partial charge is 0.476 e. The van der Waals surface area contributed by atoms with Crippen LogP contribution in [0, 0.1) is 12.8 Å². The minimum Gasteiger partial charge on any atom is -0.476 e. The lowest BCUT2D eigenvalue weighted by Crippen LogP contribution is -2.55. The fraction of sp³-hybridized carbons (Fsp3) is 0.433. The number of rotatable bonds is 4. The van der Waals surface area contributed by atoms with E-state index in [1.165, 1.54) is 37.1 Å². The molecule has 2 saturated heterocycles. The molecule has 4 aliphatic rings. The van der Waals surface area contributed by atoms with Gasteiger partial charge in [-0.1, -0.05) is 6.07 Å². The molecular weight excluding hydrogens is 476 g/mol. The zero-order chi connectivity index (χ0) is 26.0. The maximum absolute atomic E-state index is 12.2. The van der Waals surface area contributed by atoms with Gasteiger partial charge in [-0.25, -0.2) is 9.97 Å². The van der Waals surface area contributed by atoms with E-state index in [1.807, 2.05) is 24.3 Å². The molecule has 2 bridgehead atoms. The maximum atomic E-state index is 12.2. The fourth-order valence-electron chi connectivity index (χ4n) is 6.82. The van der Waals surface area contributed by atoms with Gasteiger partial charge in [0.25, 0.3) is 5.91 Å². The topological polar surface area (TPSA) is 82.6 Å². The molecule has 7 rings (SSSR count). The number of hydrogen-bond donors (Lipinski definition) is 2. The number of amides is 1. The molecule has 3 fully saturated rings. The highest BCUT2D eigenvalue weighted by molar-refractivity contribution is 6.00. The van der Waals surface area contributed by atoms with Gasteiger partial charge in [0.2, 0.25) is 5.95 Å². The van der Waals surface area contributed by atoms with Gasteiger partial charge >= 0.3 is 0 Å². The van der Waals surface area contributed by atoms with Gasteiger partial charge in [0.15, 0.2) is 5.60 Å². The van der Waals surface area contributed by atoms with E-state index in [9.17, 15) is 4.79 Å². The average Bonchev–Trinajstić information content (AvgIpc) is 3.52. The molecule has 1 aliphatic carbocycles. The molecule has 8 nitrogen and oxygen atoms in total. The quantitative estimate of drug-likeness (QED) is 0.512. The summed E-state index contributed by atoms with van der Waals surface area (Å²) >= 11 is 0. The number of benzene rings is 2. The lowest BCUT2D eigenvalue weighted by molar-refractivity contribution is -0.129. The Morgan fingerprint density at radius 3 is 2.87 bits per heavy atom. The monoisotopic (exact) mass is 510 g/mol. The molecule has 3 atom stereocenters. The molecule has 2 N–H and O–H groups in total. The van der Waals surface area contributed by atoms with Gasteiger partial charge in [-0.05, 0) is 87.9 Å². The average molecular weight is 511 g/mol. The van der Waals surface area contributed by atoms with Crippen LogP contribution in [0.4, 0.5) is 23.0 Å². The van der Waals surface area contributed by atoms with Crippen molar-refractivity contribution in [1.82, 2.24) is 14.9 Å². The Kier molecular flexibility index (Phi) is 5.37. The van der Waals surface area contributed by atoms with Gasteiger partial charge in [-0.15, -0.1) is 0 Å². The Morgan fingerprint density at radius 1 is 1.11 bits per heavy atom. The summed E-state index contributed by atoms with van der Waals surface area (Å²) in [5.41, 5.74) is 4.99. The summed E-state index contributed by atoms with van der Waals surface area (Å²) in [7, 11) is 0. The van der Waals surface area contributed by atoms with Gasteiger partial charge in [-0.3, -0.25) is 9.69 Å². The molecular formula is C30H34N6O2. The van der Waals surface area contributed by atoms with Crippen molar-refractivity contribution in [2.75, 3.05) is 35.2 Å². The standard InChI is InChI=1S/C30H34N6O2/c1-18-14-21(6-9-25(18)35-12-13-36-22-7-4-20(15-22)26(36)17-35)32-29-31-11-10-23(34-29)19-5-8-24-27(16-19)38-30(2,3)28(37)33-24/h5-6,8-11,14,16,20,22,26H,4,7,12-13,15,17H2,1-3H3,(H,33,37)(H,31,32,34)/t20-,22+,26?/m0/s1. The van der Waals surface area contributed by atoms with E-state index < -0.39 is 5.60 Å². The molecule has 0 radical (unpaired) electrons. The van der Waals surface area contributed by atoms with E-state index in [4.69, 9.17) is 9.72 Å². The molecule has 1 saturated carbocycles. The molecule has 4 heterocycles. The number of nitrogens with zero attached hydrogens (tertiary/aromatic N) is 4. The second-order valence-corrected chi connectivity index (χ2v) is 11.6. The van der Waals surface area contributed by atoms with E-state index in [-0.39, 0.29) is 5.91 Å². The summed E-state index contributed by atoms with van der Waals surface area (Å²) < 4.78 is 5.95. The van der Waals surface area contributed by atoms with Crippen LogP contribution in [0.3, 0.4) is 0 Å². The molecule has 8 heteroatoms. The van der Waals surface area contributed by atoms with Crippen LogP contribution in [0.5, 0.6) is 5.75 Å². The summed E-state index contributed by atoms with van der Waals surface area (Å²) in [6.45, 7) is 9.14. The van der Waals surface area contributed by atoms with Crippen LogP contribution in [0.25, 0.3) is 11.3 Å². The Hall–Kier alpha value is -3.65.